The first-order valence-electron chi connectivity index (χ1n) is 5.11. The van der Waals surface area contributed by atoms with Crippen LogP contribution in [-0.4, -0.2) is 24.3 Å². The summed E-state index contributed by atoms with van der Waals surface area (Å²) in [5, 5.41) is 8.92. The highest BCUT2D eigenvalue weighted by molar-refractivity contribution is 5.89. The van der Waals surface area contributed by atoms with Crippen LogP contribution in [0.4, 0.5) is 0 Å². The summed E-state index contributed by atoms with van der Waals surface area (Å²) >= 11 is 0. The third-order valence-corrected chi connectivity index (χ3v) is 2.30. The van der Waals surface area contributed by atoms with Gasteiger partial charge in [0, 0.05) is 12.5 Å². The van der Waals surface area contributed by atoms with E-state index < -0.39 is 0 Å². The molecule has 1 rings (SSSR count). The van der Waals surface area contributed by atoms with Crippen molar-refractivity contribution in [1.82, 2.24) is 0 Å². The van der Waals surface area contributed by atoms with Crippen LogP contribution in [0, 0.1) is 5.92 Å². The number of hydrogen-bond donors (Lipinski definition) is 1. The summed E-state index contributed by atoms with van der Waals surface area (Å²) in [6, 6.07) is 8.85. The first-order valence-corrected chi connectivity index (χ1v) is 5.11. The molecule has 0 amide bonds. The minimum atomic E-state index is -0.331. The van der Waals surface area contributed by atoms with E-state index in [1.807, 2.05) is 13.0 Å². The van der Waals surface area contributed by atoms with Crippen molar-refractivity contribution in [3.63, 3.8) is 0 Å². The Morgan fingerprint density at radius 2 is 2.07 bits per heavy atom. The first-order chi connectivity index (χ1) is 7.27. The molecule has 82 valence electrons. The van der Waals surface area contributed by atoms with E-state index in [1.165, 1.54) is 0 Å². The van der Waals surface area contributed by atoms with Crippen LogP contribution >= 0.6 is 0 Å². The summed E-state index contributed by atoms with van der Waals surface area (Å²) in [6.45, 7) is 2.29. The Hall–Kier alpha value is -1.35. The van der Waals surface area contributed by atoms with Gasteiger partial charge in [-0.15, -0.1) is 0 Å². The van der Waals surface area contributed by atoms with Gasteiger partial charge in [-0.05, 0) is 18.6 Å². The fraction of sp³-hybridized carbons (Fsp3) is 0.417. The molecule has 0 heterocycles. The van der Waals surface area contributed by atoms with Crippen molar-refractivity contribution in [3.8, 4) is 0 Å². The summed E-state index contributed by atoms with van der Waals surface area (Å²) in [6.07, 6.45) is 0.804. The van der Waals surface area contributed by atoms with Crippen LogP contribution in [0.3, 0.4) is 0 Å². The Morgan fingerprint density at radius 1 is 1.40 bits per heavy atom. The number of aliphatic hydroxyl groups excluding tert-OH is 1. The highest BCUT2D eigenvalue weighted by atomic mass is 16.5. The average molecular weight is 208 g/mol. The molecule has 1 N–H and O–H groups in total. The molecule has 0 saturated heterocycles. The molecule has 0 aliphatic rings. The highest BCUT2D eigenvalue weighted by Gasteiger charge is 2.10. The molecule has 0 unspecified atom stereocenters. The Labute approximate surface area is 89.7 Å². The maximum atomic E-state index is 11.5. The molecular weight excluding hydrogens is 192 g/mol. The van der Waals surface area contributed by atoms with Gasteiger partial charge in [-0.2, -0.15) is 0 Å². The lowest BCUT2D eigenvalue weighted by molar-refractivity contribution is 0.0383. The van der Waals surface area contributed by atoms with Gasteiger partial charge in [0.25, 0.3) is 0 Å². The van der Waals surface area contributed by atoms with Crippen LogP contribution in [-0.2, 0) is 4.74 Å². The molecular formula is C12H16O3. The first kappa shape index (κ1) is 11.7. The second-order valence-corrected chi connectivity index (χ2v) is 3.42. The third kappa shape index (κ3) is 3.72. The lowest BCUT2D eigenvalue weighted by Gasteiger charge is -2.11. The zero-order chi connectivity index (χ0) is 11.1. The second-order valence-electron chi connectivity index (χ2n) is 3.42. The lowest BCUT2D eigenvalue weighted by atomic mass is 10.1. The standard InChI is InChI=1S/C12H16O3/c1-2-10(8-13)9-15-12(14)11-6-4-3-5-7-11/h3-7,10,13H,2,8-9H2,1H3/t10-/m0/s1. The molecule has 0 fully saturated rings. The van der Waals surface area contributed by atoms with Gasteiger partial charge in [0.15, 0.2) is 0 Å². The van der Waals surface area contributed by atoms with Crippen LogP contribution in [0.15, 0.2) is 30.3 Å². The fourth-order valence-corrected chi connectivity index (χ4v) is 1.15. The molecule has 15 heavy (non-hydrogen) atoms. The number of aliphatic hydroxyl groups is 1. The number of ether oxygens (including phenoxy) is 1. The number of carbonyl (C=O) groups excluding carboxylic acids is 1. The van der Waals surface area contributed by atoms with Crippen molar-refractivity contribution in [2.24, 2.45) is 5.92 Å². The van der Waals surface area contributed by atoms with Gasteiger partial charge in [-0.1, -0.05) is 25.1 Å². The zero-order valence-electron chi connectivity index (χ0n) is 8.85. The van der Waals surface area contributed by atoms with E-state index in [1.54, 1.807) is 24.3 Å². The normalized spacial score (nSPS) is 12.1. The molecule has 0 radical (unpaired) electrons. The molecule has 3 heteroatoms. The van der Waals surface area contributed by atoms with E-state index in [-0.39, 0.29) is 25.1 Å². The Balaban J connectivity index is 2.43. The molecule has 0 aliphatic carbocycles. The quantitative estimate of drug-likeness (QED) is 0.751. The van der Waals surface area contributed by atoms with Gasteiger partial charge >= 0.3 is 5.97 Å². The van der Waals surface area contributed by atoms with E-state index in [2.05, 4.69) is 0 Å². The van der Waals surface area contributed by atoms with Crippen molar-refractivity contribution in [2.75, 3.05) is 13.2 Å². The molecule has 0 spiro atoms. The predicted octanol–water partition coefficient (Wildman–Crippen LogP) is 1.86. The molecule has 0 aromatic heterocycles. The van der Waals surface area contributed by atoms with Crippen molar-refractivity contribution in [1.29, 1.82) is 0 Å². The largest absolute Gasteiger partial charge is 0.462 e. The van der Waals surface area contributed by atoms with Gasteiger partial charge in [0.1, 0.15) is 0 Å². The minimum absolute atomic E-state index is 0.0395. The highest BCUT2D eigenvalue weighted by Crippen LogP contribution is 2.05. The van der Waals surface area contributed by atoms with Crippen molar-refractivity contribution >= 4 is 5.97 Å². The van der Waals surface area contributed by atoms with E-state index in [9.17, 15) is 4.79 Å². The van der Waals surface area contributed by atoms with Crippen LogP contribution in [0.1, 0.15) is 23.7 Å². The summed E-state index contributed by atoms with van der Waals surface area (Å²) in [4.78, 5) is 11.5. The van der Waals surface area contributed by atoms with Gasteiger partial charge < -0.3 is 9.84 Å². The predicted molar refractivity (Wildman–Crippen MR) is 57.6 cm³/mol. The van der Waals surface area contributed by atoms with Gasteiger partial charge in [0.05, 0.1) is 12.2 Å². The van der Waals surface area contributed by atoms with Gasteiger partial charge in [-0.3, -0.25) is 0 Å². The van der Waals surface area contributed by atoms with Gasteiger partial charge in [0.2, 0.25) is 0 Å². The molecule has 1 aromatic rings. The number of carbonyl (C=O) groups is 1. The molecule has 3 nitrogen and oxygen atoms in total. The SMILES string of the molecule is CC[C@@H](CO)COC(=O)c1ccccc1. The summed E-state index contributed by atoms with van der Waals surface area (Å²) in [5.41, 5.74) is 0.547. The topological polar surface area (TPSA) is 46.5 Å². The number of hydrogen-bond acceptors (Lipinski definition) is 3. The molecule has 1 atom stereocenters. The summed E-state index contributed by atoms with van der Waals surface area (Å²) < 4.78 is 5.07. The maximum Gasteiger partial charge on any atom is 0.338 e. The average Bonchev–Trinajstić information content (AvgIpc) is 2.31. The monoisotopic (exact) mass is 208 g/mol. The van der Waals surface area contributed by atoms with E-state index in [4.69, 9.17) is 9.84 Å². The number of esters is 1. The molecule has 0 bridgehead atoms. The Morgan fingerprint density at radius 3 is 2.60 bits per heavy atom. The third-order valence-electron chi connectivity index (χ3n) is 2.30. The van der Waals surface area contributed by atoms with Crippen LogP contribution in [0.2, 0.25) is 0 Å². The summed E-state index contributed by atoms with van der Waals surface area (Å²) in [7, 11) is 0. The minimum Gasteiger partial charge on any atom is -0.462 e. The number of benzene rings is 1. The second kappa shape index (κ2) is 6.19. The molecule has 0 saturated carbocycles. The summed E-state index contributed by atoms with van der Waals surface area (Å²) in [5.74, 6) is -0.292. The Kier molecular flexibility index (Phi) is 4.84. The van der Waals surface area contributed by atoms with E-state index in [0.717, 1.165) is 6.42 Å². The number of rotatable bonds is 5. The fourth-order valence-electron chi connectivity index (χ4n) is 1.15. The smallest absolute Gasteiger partial charge is 0.338 e. The van der Waals surface area contributed by atoms with E-state index >= 15 is 0 Å². The maximum absolute atomic E-state index is 11.5. The zero-order valence-corrected chi connectivity index (χ0v) is 8.85. The van der Waals surface area contributed by atoms with Crippen LogP contribution in [0.5, 0.6) is 0 Å². The Bertz CT molecular complexity index is 291. The van der Waals surface area contributed by atoms with Gasteiger partial charge in [-0.25, -0.2) is 4.79 Å². The molecule has 0 aliphatic heterocycles. The molecule has 1 aromatic carbocycles. The lowest BCUT2D eigenvalue weighted by Crippen LogP contribution is -2.16. The van der Waals surface area contributed by atoms with Crippen LogP contribution < -0.4 is 0 Å². The van der Waals surface area contributed by atoms with E-state index in [0.29, 0.717) is 5.56 Å². The van der Waals surface area contributed by atoms with Crippen molar-refractivity contribution < 1.29 is 14.6 Å². The van der Waals surface area contributed by atoms with Crippen LogP contribution in [0.25, 0.3) is 0 Å². The van der Waals surface area contributed by atoms with Crippen molar-refractivity contribution in [3.05, 3.63) is 35.9 Å². The van der Waals surface area contributed by atoms with Crippen molar-refractivity contribution in [2.45, 2.75) is 13.3 Å².